The summed E-state index contributed by atoms with van der Waals surface area (Å²) in [4.78, 5) is 21.4. The number of nitrogens with two attached hydrogens (primary N) is 1. The second-order valence-electron chi connectivity index (χ2n) is 12.0. The fourth-order valence-corrected chi connectivity index (χ4v) is 5.99. The molecule has 2 heterocycles. The maximum absolute atomic E-state index is 12.5. The number of amides is 1. The van der Waals surface area contributed by atoms with Crippen molar-refractivity contribution in [1.82, 2.24) is 15.3 Å². The Balaban J connectivity index is 1.90. The Kier molecular flexibility index (Phi) is 8.79. The zero-order valence-corrected chi connectivity index (χ0v) is 25.5. The average molecular weight is 584 g/mol. The van der Waals surface area contributed by atoms with Gasteiger partial charge in [0.05, 0.1) is 19.1 Å². The second-order valence-corrected chi connectivity index (χ2v) is 13.7. The molecular weight excluding hydrogens is 542 g/mol. The van der Waals surface area contributed by atoms with E-state index in [1.54, 1.807) is 18.2 Å². The van der Waals surface area contributed by atoms with Crippen molar-refractivity contribution in [2.75, 3.05) is 31.2 Å². The van der Waals surface area contributed by atoms with E-state index in [0.717, 1.165) is 55.4 Å². The van der Waals surface area contributed by atoms with Crippen molar-refractivity contribution in [3.63, 3.8) is 0 Å². The van der Waals surface area contributed by atoms with E-state index < -0.39 is 21.5 Å². The van der Waals surface area contributed by atoms with Gasteiger partial charge in [-0.15, -0.1) is 0 Å². The van der Waals surface area contributed by atoms with Gasteiger partial charge in [0.2, 0.25) is 21.8 Å². The summed E-state index contributed by atoms with van der Waals surface area (Å²) in [5.41, 5.74) is 7.82. The fourth-order valence-electron chi connectivity index (χ4n) is 5.44. The number of aromatic nitrogens is 2. The van der Waals surface area contributed by atoms with E-state index in [2.05, 4.69) is 20.0 Å². The summed E-state index contributed by atoms with van der Waals surface area (Å²) in [6.07, 6.45) is 9.13. The van der Waals surface area contributed by atoms with E-state index in [9.17, 15) is 13.2 Å². The Hall–Kier alpha value is -3.44. The van der Waals surface area contributed by atoms with Crippen LogP contribution >= 0.6 is 0 Å². The van der Waals surface area contributed by atoms with E-state index in [-0.39, 0.29) is 23.3 Å². The van der Waals surface area contributed by atoms with Gasteiger partial charge in [-0.2, -0.15) is 0 Å². The molecule has 1 saturated heterocycles. The molecule has 10 nitrogen and oxygen atoms in total. The summed E-state index contributed by atoms with van der Waals surface area (Å²) >= 11 is 0. The number of allylic oxidation sites excluding steroid dienone is 2. The SMILES string of the molecule is COc1c(NS(C)(=O)=O)cc(C(C)(C)C)cc1C1(Oc2cc(CC3CCNCC3)ncn2)CC(C(N)=O)=CC=C1C. The highest BCUT2D eigenvalue weighted by atomic mass is 32.2. The van der Waals surface area contributed by atoms with Gasteiger partial charge in [0.1, 0.15) is 6.33 Å². The van der Waals surface area contributed by atoms with Gasteiger partial charge in [-0.1, -0.05) is 32.9 Å². The molecule has 4 rings (SSSR count). The number of methoxy groups -OCH3 is 1. The van der Waals surface area contributed by atoms with Crippen LogP contribution in [0.4, 0.5) is 5.69 Å². The maximum Gasteiger partial charge on any atom is 0.244 e. The fraction of sp³-hybridized carbons (Fsp3) is 0.500. The van der Waals surface area contributed by atoms with Crippen molar-refractivity contribution in [3.05, 3.63) is 64.6 Å². The first-order chi connectivity index (χ1) is 19.2. The molecule has 0 spiro atoms. The lowest BCUT2D eigenvalue weighted by Gasteiger charge is -2.39. The highest BCUT2D eigenvalue weighted by molar-refractivity contribution is 7.92. The Morgan fingerprint density at radius 2 is 1.88 bits per heavy atom. The minimum atomic E-state index is -3.65. The van der Waals surface area contributed by atoms with Crippen molar-refractivity contribution in [2.45, 2.75) is 64.4 Å². The van der Waals surface area contributed by atoms with Crippen LogP contribution < -0.4 is 25.2 Å². The van der Waals surface area contributed by atoms with Crippen LogP contribution in [-0.2, 0) is 32.3 Å². The third kappa shape index (κ3) is 7.08. The van der Waals surface area contributed by atoms with Crippen LogP contribution in [0, 0.1) is 5.92 Å². The third-order valence-electron chi connectivity index (χ3n) is 7.75. The quantitative estimate of drug-likeness (QED) is 0.405. The number of nitrogens with one attached hydrogen (secondary N) is 2. The van der Waals surface area contributed by atoms with Gasteiger partial charge in [0.25, 0.3) is 0 Å². The number of ether oxygens (including phenoxy) is 2. The van der Waals surface area contributed by atoms with E-state index in [0.29, 0.717) is 22.9 Å². The first-order valence-corrected chi connectivity index (χ1v) is 15.7. The number of nitrogens with zero attached hydrogens (tertiary/aromatic N) is 2. The predicted octanol–water partition coefficient (Wildman–Crippen LogP) is 3.73. The highest BCUT2D eigenvalue weighted by Gasteiger charge is 2.44. The normalized spacial score (nSPS) is 20.1. The highest BCUT2D eigenvalue weighted by Crippen LogP contribution is 2.49. The molecule has 2 aromatic rings. The molecular formula is C30H41N5O5S. The summed E-state index contributed by atoms with van der Waals surface area (Å²) in [6.45, 7) is 9.98. The zero-order chi connectivity index (χ0) is 30.0. The van der Waals surface area contributed by atoms with Crippen molar-refractivity contribution in [2.24, 2.45) is 11.7 Å². The number of hydrogen-bond acceptors (Lipinski definition) is 8. The molecule has 0 bridgehead atoms. The van der Waals surface area contributed by atoms with Crippen LogP contribution in [0.1, 0.15) is 63.8 Å². The van der Waals surface area contributed by atoms with Crippen LogP contribution in [0.25, 0.3) is 0 Å². The Morgan fingerprint density at radius 1 is 1.17 bits per heavy atom. The van der Waals surface area contributed by atoms with Crippen molar-refractivity contribution in [3.8, 4) is 11.6 Å². The first kappa shape index (κ1) is 30.5. The molecule has 1 atom stereocenters. The number of hydrogen-bond donors (Lipinski definition) is 3. The van der Waals surface area contributed by atoms with E-state index in [1.165, 1.54) is 13.4 Å². The summed E-state index contributed by atoms with van der Waals surface area (Å²) < 4.78 is 40.1. The first-order valence-electron chi connectivity index (χ1n) is 13.8. The lowest BCUT2D eigenvalue weighted by Crippen LogP contribution is -2.39. The molecule has 11 heteroatoms. The summed E-state index contributed by atoms with van der Waals surface area (Å²) in [7, 11) is -2.17. The van der Waals surface area contributed by atoms with Crippen molar-refractivity contribution in [1.29, 1.82) is 0 Å². The van der Waals surface area contributed by atoms with Gasteiger partial charge in [0, 0.05) is 29.3 Å². The molecule has 1 aliphatic heterocycles. The van der Waals surface area contributed by atoms with E-state index in [4.69, 9.17) is 15.2 Å². The van der Waals surface area contributed by atoms with Gasteiger partial charge in [-0.05, 0) is 73.9 Å². The molecule has 1 fully saturated rings. The van der Waals surface area contributed by atoms with Crippen molar-refractivity contribution < 1.29 is 22.7 Å². The molecule has 0 saturated carbocycles. The van der Waals surface area contributed by atoms with Crippen LogP contribution in [0.3, 0.4) is 0 Å². The molecule has 1 aliphatic carbocycles. The number of carbonyl (C=O) groups excluding carboxylic acids is 1. The van der Waals surface area contributed by atoms with Gasteiger partial charge in [-0.25, -0.2) is 18.4 Å². The maximum atomic E-state index is 12.5. The smallest absolute Gasteiger partial charge is 0.244 e. The lowest BCUT2D eigenvalue weighted by atomic mass is 9.75. The summed E-state index contributed by atoms with van der Waals surface area (Å²) in [5.74, 6) is 0.562. The third-order valence-corrected chi connectivity index (χ3v) is 8.34. The number of sulfonamides is 1. The minimum Gasteiger partial charge on any atom is -0.494 e. The number of carbonyl (C=O) groups is 1. The predicted molar refractivity (Wildman–Crippen MR) is 159 cm³/mol. The average Bonchev–Trinajstić information content (AvgIpc) is 2.89. The van der Waals surface area contributed by atoms with Crippen LogP contribution in [0.2, 0.25) is 0 Å². The molecule has 41 heavy (non-hydrogen) atoms. The molecule has 222 valence electrons. The van der Waals surface area contributed by atoms with Gasteiger partial charge >= 0.3 is 0 Å². The number of piperidine rings is 1. The Morgan fingerprint density at radius 3 is 2.49 bits per heavy atom. The largest absolute Gasteiger partial charge is 0.494 e. The zero-order valence-electron chi connectivity index (χ0n) is 24.7. The summed E-state index contributed by atoms with van der Waals surface area (Å²) in [5, 5.41) is 3.39. The molecule has 1 unspecified atom stereocenters. The van der Waals surface area contributed by atoms with E-state index >= 15 is 0 Å². The Bertz CT molecular complexity index is 1470. The number of primary amides is 1. The molecule has 4 N–H and O–H groups in total. The van der Waals surface area contributed by atoms with Crippen molar-refractivity contribution >= 4 is 21.6 Å². The molecule has 0 radical (unpaired) electrons. The van der Waals surface area contributed by atoms with Gasteiger partial charge < -0.3 is 20.5 Å². The van der Waals surface area contributed by atoms with Gasteiger partial charge in [-0.3, -0.25) is 9.52 Å². The summed E-state index contributed by atoms with van der Waals surface area (Å²) in [6, 6.07) is 5.56. The number of anilines is 1. The lowest BCUT2D eigenvalue weighted by molar-refractivity contribution is -0.115. The second kappa shape index (κ2) is 11.8. The minimum absolute atomic E-state index is 0.0978. The standard InChI is InChI=1S/C30H41N5O5S/c1-19-7-8-21(28(31)36)17-30(19,40-26-16-23(33-18-34-26)13-20-9-11-32-12-10-20)24-14-22(29(2,3)4)15-25(27(24)39-5)35-41(6,37)38/h7-8,14-16,18,20,32,35H,9-13,17H2,1-6H3,(H2,31,36). The number of rotatable bonds is 9. The van der Waals surface area contributed by atoms with Crippen LogP contribution in [0.5, 0.6) is 11.6 Å². The number of benzene rings is 1. The monoisotopic (exact) mass is 583 g/mol. The van der Waals surface area contributed by atoms with Crippen LogP contribution in [0.15, 0.2) is 47.8 Å². The van der Waals surface area contributed by atoms with Gasteiger partial charge in [0.15, 0.2) is 11.4 Å². The molecule has 1 amide bonds. The van der Waals surface area contributed by atoms with E-state index in [1.807, 2.05) is 39.8 Å². The molecule has 2 aliphatic rings. The molecule has 1 aromatic heterocycles. The molecule has 1 aromatic carbocycles. The van der Waals surface area contributed by atoms with Crippen LogP contribution in [-0.4, -0.2) is 50.7 Å². The topological polar surface area (TPSA) is 146 Å². The Labute approximate surface area is 242 Å².